The zero-order chi connectivity index (χ0) is 12.6. The topological polar surface area (TPSA) is 20.2 Å². The highest BCUT2D eigenvalue weighted by Gasteiger charge is 2.17. The van der Waals surface area contributed by atoms with E-state index in [4.69, 9.17) is 11.6 Å². The summed E-state index contributed by atoms with van der Waals surface area (Å²) in [6, 6.07) is 6.13. The van der Waals surface area contributed by atoms with Crippen molar-refractivity contribution in [1.82, 2.24) is 0 Å². The smallest absolute Gasteiger partial charge is 0.123 e. The lowest BCUT2D eigenvalue weighted by molar-refractivity contribution is 0.223. The fourth-order valence-electron chi connectivity index (χ4n) is 1.56. The van der Waals surface area contributed by atoms with Gasteiger partial charge in [0.25, 0.3) is 0 Å². The van der Waals surface area contributed by atoms with Crippen molar-refractivity contribution >= 4 is 38.9 Å². The Bertz CT molecular complexity index is 536. The Morgan fingerprint density at radius 1 is 1.41 bits per heavy atom. The zero-order valence-electron chi connectivity index (χ0n) is 8.88. The quantitative estimate of drug-likeness (QED) is 0.844. The number of hydrogen-bond donors (Lipinski definition) is 1. The molecule has 1 unspecified atom stereocenters. The van der Waals surface area contributed by atoms with Crippen LogP contribution in [-0.2, 0) is 0 Å². The highest BCUT2D eigenvalue weighted by Crippen LogP contribution is 2.38. The minimum atomic E-state index is -0.848. The molecule has 0 aliphatic carbocycles. The van der Waals surface area contributed by atoms with E-state index in [0.717, 1.165) is 10.0 Å². The minimum Gasteiger partial charge on any atom is -0.383 e. The molecule has 2 aromatic rings. The number of rotatable bonds is 2. The molecule has 2 rings (SSSR count). The van der Waals surface area contributed by atoms with Crippen molar-refractivity contribution in [2.45, 2.75) is 13.0 Å². The third-order valence-electron chi connectivity index (χ3n) is 2.47. The summed E-state index contributed by atoms with van der Waals surface area (Å²) >= 11 is 10.5. The lowest BCUT2D eigenvalue weighted by Crippen LogP contribution is -2.00. The van der Waals surface area contributed by atoms with Crippen LogP contribution < -0.4 is 0 Å². The van der Waals surface area contributed by atoms with E-state index in [0.29, 0.717) is 14.8 Å². The van der Waals surface area contributed by atoms with E-state index in [1.165, 1.54) is 23.5 Å². The summed E-state index contributed by atoms with van der Waals surface area (Å²) in [4.78, 5) is 0.690. The highest BCUT2D eigenvalue weighted by molar-refractivity contribution is 9.10. The normalized spacial score (nSPS) is 12.8. The Labute approximate surface area is 116 Å². The molecular formula is C12H9BrClFOS. The van der Waals surface area contributed by atoms with Crippen LogP contribution in [0.5, 0.6) is 0 Å². The van der Waals surface area contributed by atoms with Crippen LogP contribution in [0.3, 0.4) is 0 Å². The van der Waals surface area contributed by atoms with Gasteiger partial charge in [-0.3, -0.25) is 0 Å². The summed E-state index contributed by atoms with van der Waals surface area (Å²) < 4.78 is 14.5. The van der Waals surface area contributed by atoms with Gasteiger partial charge in [0.05, 0.1) is 0 Å². The summed E-state index contributed by atoms with van der Waals surface area (Å²) in [5.41, 5.74) is 1.41. The second kappa shape index (κ2) is 5.06. The van der Waals surface area contributed by atoms with Gasteiger partial charge in [-0.2, -0.15) is 0 Å². The average Bonchev–Trinajstić information content (AvgIpc) is 2.62. The van der Waals surface area contributed by atoms with Crippen LogP contribution >= 0.6 is 38.9 Å². The predicted molar refractivity (Wildman–Crippen MR) is 72.2 cm³/mol. The number of benzene rings is 1. The molecule has 0 spiro atoms. The Morgan fingerprint density at radius 2 is 2.12 bits per heavy atom. The van der Waals surface area contributed by atoms with Crippen LogP contribution in [-0.4, -0.2) is 5.11 Å². The van der Waals surface area contributed by atoms with E-state index in [9.17, 15) is 9.50 Å². The fraction of sp³-hybridized carbons (Fsp3) is 0.167. The molecule has 90 valence electrons. The molecule has 0 saturated carbocycles. The average molecular weight is 336 g/mol. The SMILES string of the molecule is Cc1ccc(F)cc1C(O)c1cc(Br)c(Cl)s1. The molecule has 0 fully saturated rings. The molecule has 1 atom stereocenters. The van der Waals surface area contributed by atoms with Crippen LogP contribution in [0.4, 0.5) is 4.39 Å². The molecule has 1 N–H and O–H groups in total. The lowest BCUT2D eigenvalue weighted by atomic mass is 10.0. The zero-order valence-corrected chi connectivity index (χ0v) is 12.0. The van der Waals surface area contributed by atoms with Crippen molar-refractivity contribution in [1.29, 1.82) is 0 Å². The van der Waals surface area contributed by atoms with Crippen molar-refractivity contribution in [2.24, 2.45) is 0 Å². The summed E-state index contributed by atoms with van der Waals surface area (Å²) in [7, 11) is 0. The summed E-state index contributed by atoms with van der Waals surface area (Å²) in [5, 5.41) is 10.2. The molecule has 0 radical (unpaired) electrons. The van der Waals surface area contributed by atoms with Crippen LogP contribution in [0.25, 0.3) is 0 Å². The molecule has 5 heteroatoms. The number of hydrogen-bond acceptors (Lipinski definition) is 2. The van der Waals surface area contributed by atoms with Crippen molar-refractivity contribution in [2.75, 3.05) is 0 Å². The molecule has 17 heavy (non-hydrogen) atoms. The lowest BCUT2D eigenvalue weighted by Gasteiger charge is -2.11. The maximum absolute atomic E-state index is 13.2. The third kappa shape index (κ3) is 2.71. The molecule has 1 nitrogen and oxygen atoms in total. The number of aryl methyl sites for hydroxylation is 1. The molecule has 1 aromatic heterocycles. The van der Waals surface area contributed by atoms with Gasteiger partial charge in [0.15, 0.2) is 0 Å². The molecule has 1 heterocycles. The van der Waals surface area contributed by atoms with Crippen molar-refractivity contribution in [3.8, 4) is 0 Å². The number of aliphatic hydroxyl groups is 1. The molecular weight excluding hydrogens is 327 g/mol. The van der Waals surface area contributed by atoms with E-state index >= 15 is 0 Å². The van der Waals surface area contributed by atoms with E-state index in [-0.39, 0.29) is 5.82 Å². The highest BCUT2D eigenvalue weighted by atomic mass is 79.9. The summed E-state index contributed by atoms with van der Waals surface area (Å²) in [5.74, 6) is -0.355. The van der Waals surface area contributed by atoms with Crippen molar-refractivity contribution in [3.63, 3.8) is 0 Å². The second-order valence-corrected chi connectivity index (χ2v) is 6.21. The number of aliphatic hydroxyl groups excluding tert-OH is 1. The van der Waals surface area contributed by atoms with Crippen LogP contribution in [0, 0.1) is 12.7 Å². The van der Waals surface area contributed by atoms with E-state index < -0.39 is 6.10 Å². The second-order valence-electron chi connectivity index (χ2n) is 3.67. The van der Waals surface area contributed by atoms with Gasteiger partial charge in [-0.1, -0.05) is 17.7 Å². The Morgan fingerprint density at radius 3 is 2.71 bits per heavy atom. The number of thiophene rings is 1. The maximum Gasteiger partial charge on any atom is 0.123 e. The van der Waals surface area contributed by atoms with Crippen LogP contribution in [0.1, 0.15) is 22.1 Å². The Kier molecular flexibility index (Phi) is 3.88. The molecule has 0 amide bonds. The first-order chi connectivity index (χ1) is 7.99. The van der Waals surface area contributed by atoms with E-state index in [2.05, 4.69) is 15.9 Å². The van der Waals surface area contributed by atoms with Gasteiger partial charge < -0.3 is 5.11 Å². The van der Waals surface area contributed by atoms with Gasteiger partial charge in [0.1, 0.15) is 16.3 Å². The molecule has 0 aliphatic heterocycles. The van der Waals surface area contributed by atoms with Crippen LogP contribution in [0.2, 0.25) is 4.34 Å². The fourth-order valence-corrected chi connectivity index (χ4v) is 3.30. The first kappa shape index (κ1) is 13.0. The van der Waals surface area contributed by atoms with Crippen molar-refractivity contribution < 1.29 is 9.50 Å². The standard InChI is InChI=1S/C12H9BrClFOS/c1-6-2-3-7(15)4-8(6)11(16)10-5-9(13)12(14)17-10/h2-5,11,16H,1H3. The minimum absolute atomic E-state index is 0.355. The third-order valence-corrected chi connectivity index (χ3v) is 5.00. The van der Waals surface area contributed by atoms with Gasteiger partial charge in [0, 0.05) is 9.35 Å². The molecule has 0 saturated heterocycles. The monoisotopic (exact) mass is 334 g/mol. The number of halogens is 3. The molecule has 0 bridgehead atoms. The first-order valence-corrected chi connectivity index (χ1v) is 6.86. The van der Waals surface area contributed by atoms with Gasteiger partial charge in [-0.05, 0) is 52.2 Å². The molecule has 1 aromatic carbocycles. The van der Waals surface area contributed by atoms with Crippen LogP contribution in [0.15, 0.2) is 28.7 Å². The Balaban J connectivity index is 2.42. The van der Waals surface area contributed by atoms with E-state index in [1.54, 1.807) is 12.1 Å². The van der Waals surface area contributed by atoms with Gasteiger partial charge in [0.2, 0.25) is 0 Å². The summed E-state index contributed by atoms with van der Waals surface area (Å²) in [6.45, 7) is 1.84. The van der Waals surface area contributed by atoms with Crippen molar-refractivity contribution in [3.05, 3.63) is 54.9 Å². The van der Waals surface area contributed by atoms with E-state index in [1.807, 2.05) is 6.92 Å². The predicted octanol–water partition coefficient (Wildman–Crippen LogP) is 4.69. The van der Waals surface area contributed by atoms with Gasteiger partial charge >= 0.3 is 0 Å². The first-order valence-electron chi connectivity index (χ1n) is 4.88. The summed E-state index contributed by atoms with van der Waals surface area (Å²) in [6.07, 6.45) is -0.848. The Hall–Kier alpha value is -0.420. The van der Waals surface area contributed by atoms with Gasteiger partial charge in [-0.15, -0.1) is 11.3 Å². The maximum atomic E-state index is 13.2. The molecule has 0 aliphatic rings. The van der Waals surface area contributed by atoms with Gasteiger partial charge in [-0.25, -0.2) is 4.39 Å². The largest absolute Gasteiger partial charge is 0.383 e.